The average molecular weight is 490 g/mol. The number of hydrogen-bond acceptors (Lipinski definition) is 7. The number of nitro groups is 1. The molecule has 2 N–H and O–H groups in total. The van der Waals surface area contributed by atoms with E-state index in [0.717, 1.165) is 33.8 Å². The van der Waals surface area contributed by atoms with Crippen molar-refractivity contribution in [2.45, 2.75) is 31.8 Å². The van der Waals surface area contributed by atoms with Gasteiger partial charge in [0.1, 0.15) is 17.2 Å². The average Bonchev–Trinajstić information content (AvgIpc) is 2.87. The molecule has 8 nitrogen and oxygen atoms in total. The zero-order valence-electron chi connectivity index (χ0n) is 21.1. The van der Waals surface area contributed by atoms with Crippen LogP contribution in [0.5, 0.6) is 17.2 Å². The molecule has 1 aliphatic heterocycles. The molecule has 36 heavy (non-hydrogen) atoms. The van der Waals surface area contributed by atoms with Gasteiger partial charge in [0.25, 0.3) is 5.69 Å². The van der Waals surface area contributed by atoms with Gasteiger partial charge in [-0.2, -0.15) is 0 Å². The van der Waals surface area contributed by atoms with E-state index >= 15 is 0 Å². The summed E-state index contributed by atoms with van der Waals surface area (Å²) in [7, 11) is 4.92. The molecule has 0 amide bonds. The number of benzene rings is 3. The van der Waals surface area contributed by atoms with Gasteiger partial charge in [0.15, 0.2) is 0 Å². The van der Waals surface area contributed by atoms with Gasteiger partial charge in [0.2, 0.25) is 0 Å². The van der Waals surface area contributed by atoms with Crippen LogP contribution < -0.4 is 24.8 Å². The molecule has 0 fully saturated rings. The summed E-state index contributed by atoms with van der Waals surface area (Å²) in [6.07, 6.45) is 2.82. The minimum absolute atomic E-state index is 0.0586. The fraction of sp³-hybridized carbons (Fsp3) is 0.286. The molecule has 8 heteroatoms. The standard InChI is InChI=1S/C28H31N3O5/c1-28(2)17-19(27-25(30-28)15-23(35-4)16-26(27)36-5)14-24(18-6-10-21(11-7-18)31(32)33)29-20-8-12-22(34-3)13-9-20/h6-13,15-17,24,29-30H,14H2,1-5H3. The van der Waals surface area contributed by atoms with Crippen LogP contribution in [0.1, 0.15) is 37.4 Å². The van der Waals surface area contributed by atoms with Crippen molar-refractivity contribution in [1.82, 2.24) is 0 Å². The molecule has 1 atom stereocenters. The second-order valence-corrected chi connectivity index (χ2v) is 9.25. The number of anilines is 2. The van der Waals surface area contributed by atoms with Crippen molar-refractivity contribution in [1.29, 1.82) is 0 Å². The highest BCUT2D eigenvalue weighted by Gasteiger charge is 2.29. The Balaban J connectivity index is 1.76. The molecule has 0 aromatic heterocycles. The van der Waals surface area contributed by atoms with Crippen molar-refractivity contribution < 1.29 is 19.1 Å². The van der Waals surface area contributed by atoms with Crippen molar-refractivity contribution in [2.75, 3.05) is 32.0 Å². The molecule has 1 unspecified atom stereocenters. The van der Waals surface area contributed by atoms with E-state index in [1.54, 1.807) is 33.5 Å². The number of non-ortho nitro benzene ring substituents is 1. The molecule has 0 saturated heterocycles. The second kappa shape index (κ2) is 10.2. The van der Waals surface area contributed by atoms with Gasteiger partial charge >= 0.3 is 0 Å². The maximum absolute atomic E-state index is 11.2. The third-order valence-corrected chi connectivity index (χ3v) is 6.21. The van der Waals surface area contributed by atoms with Crippen LogP contribution in [0.25, 0.3) is 5.57 Å². The number of nitrogens with one attached hydrogen (secondary N) is 2. The lowest BCUT2D eigenvalue weighted by Crippen LogP contribution is -2.32. The summed E-state index contributed by atoms with van der Waals surface area (Å²) >= 11 is 0. The van der Waals surface area contributed by atoms with E-state index < -0.39 is 0 Å². The fourth-order valence-electron chi connectivity index (χ4n) is 4.54. The van der Waals surface area contributed by atoms with E-state index in [1.165, 1.54) is 12.1 Å². The maximum atomic E-state index is 11.2. The summed E-state index contributed by atoms with van der Waals surface area (Å²) in [5.74, 6) is 2.19. The molecule has 0 spiro atoms. The zero-order chi connectivity index (χ0) is 25.9. The van der Waals surface area contributed by atoms with Crippen LogP contribution >= 0.6 is 0 Å². The van der Waals surface area contributed by atoms with E-state index in [4.69, 9.17) is 14.2 Å². The van der Waals surface area contributed by atoms with Crippen LogP contribution in [0, 0.1) is 10.1 Å². The SMILES string of the molecule is COc1ccc(NC(CC2=CC(C)(C)Nc3cc(OC)cc(OC)c32)c2ccc([N+](=O)[O-])cc2)cc1. The number of rotatable bonds is 9. The Morgan fingerprint density at radius 1 is 0.944 bits per heavy atom. The van der Waals surface area contributed by atoms with E-state index in [-0.39, 0.29) is 22.2 Å². The van der Waals surface area contributed by atoms with Crippen LogP contribution in [0.3, 0.4) is 0 Å². The number of methoxy groups -OCH3 is 3. The van der Waals surface area contributed by atoms with Crippen LogP contribution in [0.4, 0.5) is 17.1 Å². The minimum atomic E-state index is -0.387. The predicted octanol–water partition coefficient (Wildman–Crippen LogP) is 6.45. The zero-order valence-corrected chi connectivity index (χ0v) is 21.1. The lowest BCUT2D eigenvalue weighted by molar-refractivity contribution is -0.384. The summed E-state index contributed by atoms with van der Waals surface area (Å²) in [6.45, 7) is 4.22. The number of hydrogen-bond donors (Lipinski definition) is 2. The van der Waals surface area contributed by atoms with Gasteiger partial charge in [-0.3, -0.25) is 10.1 Å². The number of fused-ring (bicyclic) bond motifs is 1. The first-order valence-electron chi connectivity index (χ1n) is 11.6. The van der Waals surface area contributed by atoms with Crippen LogP contribution in [0.2, 0.25) is 0 Å². The number of nitrogens with zero attached hydrogens (tertiary/aromatic N) is 1. The summed E-state index contributed by atoms with van der Waals surface area (Å²) in [5, 5.41) is 18.4. The summed E-state index contributed by atoms with van der Waals surface area (Å²) in [6, 6.07) is 18.1. The molecule has 1 aliphatic rings. The van der Waals surface area contributed by atoms with Crippen molar-refractivity contribution in [3.63, 3.8) is 0 Å². The first kappa shape index (κ1) is 24.9. The Labute approximate surface area is 211 Å². The number of ether oxygens (including phenoxy) is 3. The predicted molar refractivity (Wildman–Crippen MR) is 142 cm³/mol. The fourth-order valence-corrected chi connectivity index (χ4v) is 4.54. The lowest BCUT2D eigenvalue weighted by Gasteiger charge is -2.35. The molecule has 3 aromatic carbocycles. The van der Waals surface area contributed by atoms with Crippen LogP contribution in [0.15, 0.2) is 66.7 Å². The highest BCUT2D eigenvalue weighted by molar-refractivity contribution is 5.86. The molecular formula is C28H31N3O5. The van der Waals surface area contributed by atoms with Crippen molar-refractivity contribution in [2.24, 2.45) is 0 Å². The van der Waals surface area contributed by atoms with Gasteiger partial charge in [-0.05, 0) is 55.7 Å². The first-order valence-corrected chi connectivity index (χ1v) is 11.6. The Morgan fingerprint density at radius 2 is 1.61 bits per heavy atom. The smallest absolute Gasteiger partial charge is 0.269 e. The molecule has 0 aliphatic carbocycles. The molecular weight excluding hydrogens is 458 g/mol. The van der Waals surface area contributed by atoms with Crippen molar-refractivity contribution in [3.8, 4) is 17.2 Å². The minimum Gasteiger partial charge on any atom is -0.497 e. The van der Waals surface area contributed by atoms with E-state index in [1.807, 2.05) is 36.4 Å². The topological polar surface area (TPSA) is 94.9 Å². The molecule has 1 heterocycles. The first-order chi connectivity index (χ1) is 17.2. The Morgan fingerprint density at radius 3 is 2.19 bits per heavy atom. The third kappa shape index (κ3) is 5.38. The quantitative estimate of drug-likeness (QED) is 0.263. The van der Waals surface area contributed by atoms with Gasteiger partial charge in [-0.25, -0.2) is 0 Å². The second-order valence-electron chi connectivity index (χ2n) is 9.25. The molecule has 4 rings (SSSR count). The molecule has 188 valence electrons. The Hall–Kier alpha value is -4.20. The van der Waals surface area contributed by atoms with Gasteiger partial charge in [-0.15, -0.1) is 0 Å². The molecule has 0 radical (unpaired) electrons. The Kier molecular flexibility index (Phi) is 7.05. The molecule has 0 saturated carbocycles. The molecule has 3 aromatic rings. The molecule has 0 bridgehead atoms. The van der Waals surface area contributed by atoms with Crippen LogP contribution in [-0.2, 0) is 0 Å². The highest BCUT2D eigenvalue weighted by atomic mass is 16.6. The van der Waals surface area contributed by atoms with Crippen molar-refractivity contribution >= 4 is 22.6 Å². The maximum Gasteiger partial charge on any atom is 0.269 e. The highest BCUT2D eigenvalue weighted by Crippen LogP contribution is 2.45. The van der Waals surface area contributed by atoms with Gasteiger partial charge in [0, 0.05) is 41.2 Å². The third-order valence-electron chi connectivity index (χ3n) is 6.21. The summed E-state index contributed by atoms with van der Waals surface area (Å²) in [5.41, 5.74) is 4.60. The van der Waals surface area contributed by atoms with E-state index in [0.29, 0.717) is 17.9 Å². The van der Waals surface area contributed by atoms with Gasteiger partial charge in [0.05, 0.1) is 37.8 Å². The van der Waals surface area contributed by atoms with Crippen LogP contribution in [-0.4, -0.2) is 31.8 Å². The van der Waals surface area contributed by atoms with Gasteiger partial charge < -0.3 is 24.8 Å². The lowest BCUT2D eigenvalue weighted by atomic mass is 9.85. The monoisotopic (exact) mass is 489 g/mol. The van der Waals surface area contributed by atoms with Gasteiger partial charge in [-0.1, -0.05) is 18.2 Å². The van der Waals surface area contributed by atoms with E-state index in [9.17, 15) is 10.1 Å². The van der Waals surface area contributed by atoms with E-state index in [2.05, 4.69) is 30.6 Å². The summed E-state index contributed by atoms with van der Waals surface area (Å²) < 4.78 is 16.5. The Bertz CT molecular complexity index is 1270. The largest absolute Gasteiger partial charge is 0.497 e. The number of nitro benzene ring substituents is 1. The summed E-state index contributed by atoms with van der Waals surface area (Å²) in [4.78, 5) is 10.8. The normalized spacial score (nSPS) is 14.5. The van der Waals surface area contributed by atoms with Crippen molar-refractivity contribution in [3.05, 3.63) is 88.0 Å².